The van der Waals surface area contributed by atoms with E-state index >= 15 is 0 Å². The summed E-state index contributed by atoms with van der Waals surface area (Å²) in [4.78, 5) is 1.22. The van der Waals surface area contributed by atoms with E-state index in [0.29, 0.717) is 6.42 Å². The smallest absolute Gasteiger partial charge is 0.123 e. The first-order valence-electron chi connectivity index (χ1n) is 6.18. The second kappa shape index (κ2) is 5.63. The Bertz CT molecular complexity index is 533. The Morgan fingerprint density at radius 1 is 1.28 bits per heavy atom. The lowest BCUT2D eigenvalue weighted by Gasteiger charge is -2.14. The van der Waals surface area contributed by atoms with Gasteiger partial charge in [0, 0.05) is 10.9 Å². The average Bonchev–Trinajstić information content (AvgIpc) is 2.82. The predicted molar refractivity (Wildman–Crippen MR) is 75.5 cm³/mol. The van der Waals surface area contributed by atoms with Gasteiger partial charge in [-0.25, -0.2) is 4.39 Å². The fourth-order valence-electron chi connectivity index (χ4n) is 2.15. The van der Waals surface area contributed by atoms with Crippen LogP contribution in [-0.2, 0) is 12.8 Å². The number of rotatable bonds is 4. The van der Waals surface area contributed by atoms with Gasteiger partial charge in [-0.05, 0) is 60.0 Å². The summed E-state index contributed by atoms with van der Waals surface area (Å²) in [5.74, 6) is -0.190. The van der Waals surface area contributed by atoms with E-state index in [9.17, 15) is 4.39 Å². The second-order valence-electron chi connectivity index (χ2n) is 4.55. The van der Waals surface area contributed by atoms with Crippen LogP contribution in [0.1, 0.15) is 34.5 Å². The van der Waals surface area contributed by atoms with Crippen molar-refractivity contribution in [1.29, 1.82) is 0 Å². The van der Waals surface area contributed by atoms with Crippen molar-refractivity contribution in [1.82, 2.24) is 0 Å². The number of thiophene rings is 1. The molecule has 0 aliphatic rings. The summed E-state index contributed by atoms with van der Waals surface area (Å²) < 4.78 is 13.2. The summed E-state index contributed by atoms with van der Waals surface area (Å²) in [6.07, 6.45) is 1.69. The molecule has 0 amide bonds. The molecule has 2 aromatic rings. The first-order valence-corrected chi connectivity index (χ1v) is 7.06. The standard InChI is InChI=1S/C15H18FNS/c1-3-11-6-7-18-15(11)14(17)9-12-8-13(16)5-4-10(12)2/h4-8,14H,3,9,17H2,1-2H3. The fraction of sp³-hybridized carbons (Fsp3) is 0.333. The van der Waals surface area contributed by atoms with Crippen molar-refractivity contribution in [3.8, 4) is 0 Å². The van der Waals surface area contributed by atoms with Crippen LogP contribution < -0.4 is 5.73 Å². The molecule has 1 aromatic carbocycles. The van der Waals surface area contributed by atoms with Crippen molar-refractivity contribution in [2.24, 2.45) is 5.73 Å². The van der Waals surface area contributed by atoms with Gasteiger partial charge < -0.3 is 5.73 Å². The highest BCUT2D eigenvalue weighted by Gasteiger charge is 2.14. The molecule has 0 bridgehead atoms. The fourth-order valence-corrected chi connectivity index (χ4v) is 3.16. The Balaban J connectivity index is 2.21. The molecule has 1 aromatic heterocycles. The van der Waals surface area contributed by atoms with E-state index in [2.05, 4.69) is 18.4 Å². The van der Waals surface area contributed by atoms with E-state index in [-0.39, 0.29) is 11.9 Å². The molecule has 0 radical (unpaired) electrons. The monoisotopic (exact) mass is 263 g/mol. The molecule has 1 atom stereocenters. The molecule has 2 rings (SSSR count). The maximum absolute atomic E-state index is 13.2. The topological polar surface area (TPSA) is 26.0 Å². The van der Waals surface area contributed by atoms with E-state index in [1.807, 2.05) is 13.0 Å². The third-order valence-corrected chi connectivity index (χ3v) is 4.34. The Labute approximate surface area is 111 Å². The molecule has 0 spiro atoms. The maximum atomic E-state index is 13.2. The first kappa shape index (κ1) is 13.2. The number of benzene rings is 1. The van der Waals surface area contributed by atoms with Gasteiger partial charge in [-0.15, -0.1) is 11.3 Å². The minimum absolute atomic E-state index is 0.0413. The van der Waals surface area contributed by atoms with Crippen LogP contribution in [0.2, 0.25) is 0 Å². The first-order chi connectivity index (χ1) is 8.61. The van der Waals surface area contributed by atoms with Crippen LogP contribution >= 0.6 is 11.3 Å². The quantitative estimate of drug-likeness (QED) is 0.886. The highest BCUT2D eigenvalue weighted by atomic mass is 32.1. The van der Waals surface area contributed by atoms with Gasteiger partial charge in [0.25, 0.3) is 0 Å². The second-order valence-corrected chi connectivity index (χ2v) is 5.49. The summed E-state index contributed by atoms with van der Waals surface area (Å²) in [7, 11) is 0. The third-order valence-electron chi connectivity index (χ3n) is 3.25. The van der Waals surface area contributed by atoms with Gasteiger partial charge >= 0.3 is 0 Å². The van der Waals surface area contributed by atoms with E-state index in [4.69, 9.17) is 5.73 Å². The normalized spacial score (nSPS) is 12.7. The zero-order chi connectivity index (χ0) is 13.1. The van der Waals surface area contributed by atoms with Crippen molar-refractivity contribution in [3.63, 3.8) is 0 Å². The third kappa shape index (κ3) is 2.79. The number of hydrogen-bond acceptors (Lipinski definition) is 2. The lowest BCUT2D eigenvalue weighted by atomic mass is 9.98. The van der Waals surface area contributed by atoms with Gasteiger partial charge in [0.1, 0.15) is 5.82 Å². The minimum atomic E-state index is -0.190. The van der Waals surface area contributed by atoms with E-state index < -0.39 is 0 Å². The summed E-state index contributed by atoms with van der Waals surface area (Å²) in [6, 6.07) is 6.98. The highest BCUT2D eigenvalue weighted by molar-refractivity contribution is 7.10. The number of hydrogen-bond donors (Lipinski definition) is 1. The van der Waals surface area contributed by atoms with Crippen molar-refractivity contribution in [2.75, 3.05) is 0 Å². The molecule has 3 heteroatoms. The lowest BCUT2D eigenvalue weighted by molar-refractivity contribution is 0.621. The van der Waals surface area contributed by atoms with E-state index in [0.717, 1.165) is 17.5 Å². The summed E-state index contributed by atoms with van der Waals surface area (Å²) in [5, 5.41) is 2.08. The zero-order valence-electron chi connectivity index (χ0n) is 10.7. The summed E-state index contributed by atoms with van der Waals surface area (Å²) in [5.41, 5.74) is 9.66. The Morgan fingerprint density at radius 3 is 2.78 bits per heavy atom. The molecule has 0 saturated heterocycles. The van der Waals surface area contributed by atoms with Crippen molar-refractivity contribution in [3.05, 3.63) is 57.0 Å². The molecule has 0 aliphatic heterocycles. The predicted octanol–water partition coefficient (Wildman–Crippen LogP) is 4.00. The van der Waals surface area contributed by atoms with Crippen LogP contribution in [0.5, 0.6) is 0 Å². The maximum Gasteiger partial charge on any atom is 0.123 e. The van der Waals surface area contributed by atoms with Gasteiger partial charge in [0.2, 0.25) is 0 Å². The zero-order valence-corrected chi connectivity index (χ0v) is 11.6. The van der Waals surface area contributed by atoms with E-state index in [1.54, 1.807) is 17.4 Å². The van der Waals surface area contributed by atoms with Crippen molar-refractivity contribution in [2.45, 2.75) is 32.7 Å². The van der Waals surface area contributed by atoms with Crippen LogP contribution in [0.25, 0.3) is 0 Å². The Hall–Kier alpha value is -1.19. The van der Waals surface area contributed by atoms with Gasteiger partial charge in [-0.1, -0.05) is 13.0 Å². The molecule has 18 heavy (non-hydrogen) atoms. The Morgan fingerprint density at radius 2 is 2.06 bits per heavy atom. The van der Waals surface area contributed by atoms with Crippen molar-refractivity contribution < 1.29 is 4.39 Å². The van der Waals surface area contributed by atoms with Gasteiger partial charge in [0.05, 0.1) is 0 Å². The molecule has 96 valence electrons. The number of aryl methyl sites for hydroxylation is 2. The van der Waals surface area contributed by atoms with Crippen LogP contribution in [0.3, 0.4) is 0 Å². The van der Waals surface area contributed by atoms with Gasteiger partial charge in [-0.2, -0.15) is 0 Å². The molecule has 0 aliphatic carbocycles. The molecular weight excluding hydrogens is 245 g/mol. The minimum Gasteiger partial charge on any atom is -0.323 e. The van der Waals surface area contributed by atoms with Gasteiger partial charge in [-0.3, -0.25) is 0 Å². The average molecular weight is 263 g/mol. The molecule has 1 heterocycles. The highest BCUT2D eigenvalue weighted by Crippen LogP contribution is 2.27. The van der Waals surface area contributed by atoms with Crippen molar-refractivity contribution >= 4 is 11.3 Å². The SMILES string of the molecule is CCc1ccsc1C(N)Cc1cc(F)ccc1C. The molecule has 1 unspecified atom stereocenters. The summed E-state index contributed by atoms with van der Waals surface area (Å²) in [6.45, 7) is 4.13. The van der Waals surface area contributed by atoms with Crippen LogP contribution in [0.4, 0.5) is 4.39 Å². The molecule has 2 N–H and O–H groups in total. The van der Waals surface area contributed by atoms with Crippen LogP contribution in [0.15, 0.2) is 29.6 Å². The molecule has 0 saturated carbocycles. The summed E-state index contributed by atoms with van der Waals surface area (Å²) >= 11 is 1.69. The Kier molecular flexibility index (Phi) is 4.15. The number of halogens is 1. The largest absolute Gasteiger partial charge is 0.323 e. The van der Waals surface area contributed by atoms with Crippen LogP contribution in [0, 0.1) is 12.7 Å². The van der Waals surface area contributed by atoms with Gasteiger partial charge in [0.15, 0.2) is 0 Å². The molecule has 0 fully saturated rings. The molecular formula is C15H18FNS. The lowest BCUT2D eigenvalue weighted by Crippen LogP contribution is -2.14. The van der Waals surface area contributed by atoms with Crippen LogP contribution in [-0.4, -0.2) is 0 Å². The van der Waals surface area contributed by atoms with E-state index in [1.165, 1.54) is 16.5 Å². The number of nitrogens with two attached hydrogens (primary N) is 1. The molecule has 1 nitrogen and oxygen atoms in total.